The number of guanidine groups is 1. The fourth-order valence-electron chi connectivity index (χ4n) is 2.86. The van der Waals surface area contributed by atoms with Crippen molar-refractivity contribution in [2.45, 2.75) is 20.1 Å². The smallest absolute Gasteiger partial charge is 0.387 e. The summed E-state index contributed by atoms with van der Waals surface area (Å²) in [6.45, 7) is 4.75. The highest BCUT2D eigenvalue weighted by atomic mass is 35.5. The minimum Gasteiger partial charge on any atom is -0.434 e. The largest absolute Gasteiger partial charge is 0.434 e. The Morgan fingerprint density at radius 3 is 2.74 bits per heavy atom. The molecule has 0 amide bonds. The summed E-state index contributed by atoms with van der Waals surface area (Å²) in [5, 5.41) is 6.82. The number of nitrogens with one attached hydrogen (secondary N) is 2. The van der Waals surface area contributed by atoms with E-state index in [9.17, 15) is 8.78 Å². The molecule has 1 aromatic carbocycles. The molecule has 1 atom stereocenters. The third-order valence-corrected chi connectivity index (χ3v) is 4.44. The molecule has 2 rings (SSSR count). The highest BCUT2D eigenvalue weighted by Crippen LogP contribution is 2.24. The van der Waals surface area contributed by atoms with Crippen LogP contribution in [0.15, 0.2) is 23.2 Å². The van der Waals surface area contributed by atoms with Gasteiger partial charge < -0.3 is 20.1 Å². The Kier molecular flexibility index (Phi) is 9.03. The summed E-state index contributed by atoms with van der Waals surface area (Å²) >= 11 is 5.97. The van der Waals surface area contributed by atoms with Gasteiger partial charge in [-0.15, -0.1) is 0 Å². The molecule has 0 saturated carbocycles. The maximum atomic E-state index is 12.5. The first-order chi connectivity index (χ1) is 13.0. The van der Waals surface area contributed by atoms with Crippen LogP contribution in [0, 0.1) is 5.92 Å². The van der Waals surface area contributed by atoms with Crippen LogP contribution in [0.2, 0.25) is 5.02 Å². The Hall–Kier alpha value is -1.64. The zero-order valence-electron chi connectivity index (χ0n) is 15.7. The van der Waals surface area contributed by atoms with Gasteiger partial charge in [0, 0.05) is 50.4 Å². The van der Waals surface area contributed by atoms with Crippen LogP contribution in [0.3, 0.4) is 0 Å². The number of morpholine rings is 1. The molecule has 0 spiro atoms. The second kappa shape index (κ2) is 11.3. The summed E-state index contributed by atoms with van der Waals surface area (Å²) in [5.74, 6) is 1.11. The van der Waals surface area contributed by atoms with Crippen LogP contribution in [0.1, 0.15) is 12.5 Å². The molecule has 1 fully saturated rings. The molecule has 9 heteroatoms. The Labute approximate surface area is 163 Å². The second-order valence-electron chi connectivity index (χ2n) is 6.46. The molecule has 27 heavy (non-hydrogen) atoms. The van der Waals surface area contributed by atoms with Crippen molar-refractivity contribution < 1.29 is 18.3 Å². The van der Waals surface area contributed by atoms with Crippen LogP contribution < -0.4 is 15.4 Å². The number of hydrogen-bond acceptors (Lipinski definition) is 4. The summed E-state index contributed by atoms with van der Waals surface area (Å²) < 4.78 is 35.0. The quantitative estimate of drug-likeness (QED) is 0.515. The summed E-state index contributed by atoms with van der Waals surface area (Å²) in [7, 11) is 1.66. The molecular weight excluding hydrogens is 378 g/mol. The molecule has 1 aromatic rings. The maximum Gasteiger partial charge on any atom is 0.387 e. The van der Waals surface area contributed by atoms with Gasteiger partial charge in [-0.1, -0.05) is 18.5 Å². The van der Waals surface area contributed by atoms with Gasteiger partial charge in [0.25, 0.3) is 0 Å². The average molecular weight is 405 g/mol. The van der Waals surface area contributed by atoms with E-state index in [1.807, 2.05) is 0 Å². The third kappa shape index (κ3) is 7.86. The van der Waals surface area contributed by atoms with E-state index >= 15 is 0 Å². The van der Waals surface area contributed by atoms with Gasteiger partial charge >= 0.3 is 6.61 Å². The summed E-state index contributed by atoms with van der Waals surface area (Å²) in [4.78, 5) is 6.55. The van der Waals surface area contributed by atoms with Crippen molar-refractivity contribution in [2.75, 3.05) is 46.4 Å². The SMILES string of the molecule is CN=C(NCc1cc(Cl)ccc1OC(F)F)NCC(C)CN1CCOCC1. The molecule has 1 aliphatic heterocycles. The molecule has 0 aliphatic carbocycles. The molecule has 1 unspecified atom stereocenters. The second-order valence-corrected chi connectivity index (χ2v) is 6.89. The van der Waals surface area contributed by atoms with Gasteiger partial charge in [-0.3, -0.25) is 9.89 Å². The van der Waals surface area contributed by atoms with E-state index in [4.69, 9.17) is 16.3 Å². The number of rotatable bonds is 8. The van der Waals surface area contributed by atoms with Crippen molar-refractivity contribution in [1.29, 1.82) is 0 Å². The lowest BCUT2D eigenvalue weighted by molar-refractivity contribution is -0.0504. The van der Waals surface area contributed by atoms with Gasteiger partial charge in [0.1, 0.15) is 5.75 Å². The maximum absolute atomic E-state index is 12.5. The van der Waals surface area contributed by atoms with Crippen LogP contribution in [-0.2, 0) is 11.3 Å². The van der Waals surface area contributed by atoms with E-state index in [1.165, 1.54) is 12.1 Å². The van der Waals surface area contributed by atoms with Crippen LogP contribution in [0.25, 0.3) is 0 Å². The van der Waals surface area contributed by atoms with E-state index in [2.05, 4.69) is 32.2 Å². The monoisotopic (exact) mass is 404 g/mol. The zero-order valence-corrected chi connectivity index (χ0v) is 16.4. The molecule has 1 saturated heterocycles. The van der Waals surface area contributed by atoms with Crippen molar-refractivity contribution in [3.8, 4) is 5.75 Å². The third-order valence-electron chi connectivity index (χ3n) is 4.20. The van der Waals surface area contributed by atoms with Gasteiger partial charge in [0.15, 0.2) is 5.96 Å². The Balaban J connectivity index is 1.82. The lowest BCUT2D eigenvalue weighted by atomic mass is 10.1. The first-order valence-corrected chi connectivity index (χ1v) is 9.33. The van der Waals surface area contributed by atoms with Crippen LogP contribution in [-0.4, -0.2) is 63.9 Å². The molecular formula is C18H27ClF2N4O2. The number of ether oxygens (including phenoxy) is 2. The predicted molar refractivity (Wildman–Crippen MR) is 103 cm³/mol. The Morgan fingerprint density at radius 2 is 2.07 bits per heavy atom. The van der Waals surface area contributed by atoms with E-state index in [-0.39, 0.29) is 12.3 Å². The number of nitrogens with zero attached hydrogens (tertiary/aromatic N) is 2. The van der Waals surface area contributed by atoms with Gasteiger partial charge in [0.05, 0.1) is 13.2 Å². The van der Waals surface area contributed by atoms with Crippen molar-refractivity contribution >= 4 is 17.6 Å². The van der Waals surface area contributed by atoms with Gasteiger partial charge in [-0.2, -0.15) is 8.78 Å². The molecule has 0 radical (unpaired) electrons. The molecule has 2 N–H and O–H groups in total. The van der Waals surface area contributed by atoms with Gasteiger partial charge in [-0.05, 0) is 24.1 Å². The minimum absolute atomic E-state index is 0.0954. The number of alkyl halides is 2. The lowest BCUT2D eigenvalue weighted by Gasteiger charge is -2.29. The van der Waals surface area contributed by atoms with E-state index in [1.54, 1.807) is 13.1 Å². The summed E-state index contributed by atoms with van der Waals surface area (Å²) in [6, 6.07) is 4.55. The van der Waals surface area contributed by atoms with Gasteiger partial charge in [-0.25, -0.2) is 0 Å². The van der Waals surface area contributed by atoms with E-state index < -0.39 is 6.61 Å². The number of hydrogen-bond donors (Lipinski definition) is 2. The highest BCUT2D eigenvalue weighted by Gasteiger charge is 2.14. The number of aliphatic imine (C=N–C) groups is 1. The molecule has 6 nitrogen and oxygen atoms in total. The molecule has 1 heterocycles. The molecule has 1 aliphatic rings. The Morgan fingerprint density at radius 1 is 1.33 bits per heavy atom. The topological polar surface area (TPSA) is 58.1 Å². The number of benzene rings is 1. The first-order valence-electron chi connectivity index (χ1n) is 8.95. The van der Waals surface area contributed by atoms with E-state index in [0.29, 0.717) is 22.5 Å². The predicted octanol–water partition coefficient (Wildman–Crippen LogP) is 2.57. The zero-order chi connectivity index (χ0) is 19.6. The molecule has 0 bridgehead atoms. The molecule has 0 aromatic heterocycles. The van der Waals surface area contributed by atoms with E-state index in [0.717, 1.165) is 39.4 Å². The fraction of sp³-hybridized carbons (Fsp3) is 0.611. The van der Waals surface area contributed by atoms with Crippen LogP contribution >= 0.6 is 11.6 Å². The first kappa shape index (κ1) is 21.7. The Bertz CT molecular complexity index is 613. The summed E-state index contributed by atoms with van der Waals surface area (Å²) in [6.07, 6.45) is 0. The normalized spacial score (nSPS) is 17.0. The van der Waals surface area contributed by atoms with Crippen molar-refractivity contribution in [3.05, 3.63) is 28.8 Å². The van der Waals surface area contributed by atoms with Crippen molar-refractivity contribution in [3.63, 3.8) is 0 Å². The summed E-state index contributed by atoms with van der Waals surface area (Å²) in [5.41, 5.74) is 0.534. The van der Waals surface area contributed by atoms with Crippen LogP contribution in [0.5, 0.6) is 5.75 Å². The highest BCUT2D eigenvalue weighted by molar-refractivity contribution is 6.30. The average Bonchev–Trinajstić information content (AvgIpc) is 2.64. The molecule has 152 valence electrons. The van der Waals surface area contributed by atoms with Crippen LogP contribution in [0.4, 0.5) is 8.78 Å². The van der Waals surface area contributed by atoms with Gasteiger partial charge in [0.2, 0.25) is 0 Å². The standard InChI is InChI=1S/C18H27ClF2N4O2/c1-13(12-25-5-7-26-8-6-25)10-23-18(22-2)24-11-14-9-15(19)3-4-16(14)27-17(20)21/h3-4,9,13,17H,5-8,10-12H2,1-2H3,(H2,22,23,24). The van der Waals surface area contributed by atoms with Crippen molar-refractivity contribution in [1.82, 2.24) is 15.5 Å². The lowest BCUT2D eigenvalue weighted by Crippen LogP contribution is -2.43. The van der Waals surface area contributed by atoms with Crippen molar-refractivity contribution in [2.24, 2.45) is 10.9 Å². The fourth-order valence-corrected chi connectivity index (χ4v) is 3.05. The minimum atomic E-state index is -2.89. The number of halogens is 3.